The van der Waals surface area contributed by atoms with Gasteiger partial charge in [0.05, 0.1) is 5.92 Å². The van der Waals surface area contributed by atoms with Crippen LogP contribution in [0.2, 0.25) is 0 Å². The highest BCUT2D eigenvalue weighted by atomic mass is 16.5. The molecule has 0 spiro atoms. The molecule has 0 aromatic carbocycles. The van der Waals surface area contributed by atoms with E-state index < -0.39 is 23.8 Å². The van der Waals surface area contributed by atoms with Crippen LogP contribution < -0.4 is 16.6 Å². The Morgan fingerprint density at radius 2 is 1.70 bits per heavy atom. The van der Waals surface area contributed by atoms with Crippen molar-refractivity contribution in [2.75, 3.05) is 11.9 Å². The van der Waals surface area contributed by atoms with Crippen LogP contribution in [0.5, 0.6) is 0 Å². The van der Waals surface area contributed by atoms with E-state index in [4.69, 9.17) is 4.74 Å². The predicted molar refractivity (Wildman–Crippen MR) is 101 cm³/mol. The number of aromatic nitrogens is 2. The van der Waals surface area contributed by atoms with Gasteiger partial charge in [-0.3, -0.25) is 23.5 Å². The molecule has 0 radical (unpaired) electrons. The number of nitrogens with one attached hydrogen (secondary N) is 1. The van der Waals surface area contributed by atoms with Gasteiger partial charge in [0.2, 0.25) is 0 Å². The summed E-state index contributed by atoms with van der Waals surface area (Å²) in [6.45, 7) is 6.20. The van der Waals surface area contributed by atoms with Gasteiger partial charge in [-0.15, -0.1) is 0 Å². The third-order valence-electron chi connectivity index (χ3n) is 5.42. The van der Waals surface area contributed by atoms with Crippen LogP contribution >= 0.6 is 0 Å². The molecule has 1 aliphatic rings. The standard InChI is InChI=1S/C19H29N3O5/c1-19(2,3)13-8-6-12(7-9-13)17(25)27-11-15(23)20-14-10-16(24)22(5)18(26)21(14)4/h10,12-13H,6-9,11H2,1-5H3,(H,20,23). The van der Waals surface area contributed by atoms with E-state index in [-0.39, 0.29) is 23.1 Å². The molecule has 1 N–H and O–H groups in total. The van der Waals surface area contributed by atoms with Gasteiger partial charge in [-0.25, -0.2) is 4.79 Å². The van der Waals surface area contributed by atoms with Crippen LogP contribution in [0.25, 0.3) is 0 Å². The van der Waals surface area contributed by atoms with Crippen molar-refractivity contribution in [1.82, 2.24) is 9.13 Å². The molecule has 1 aromatic heterocycles. The van der Waals surface area contributed by atoms with Gasteiger partial charge in [-0.05, 0) is 37.0 Å². The number of hydrogen-bond donors (Lipinski definition) is 1. The van der Waals surface area contributed by atoms with Crippen molar-refractivity contribution < 1.29 is 14.3 Å². The van der Waals surface area contributed by atoms with Crippen molar-refractivity contribution in [3.05, 3.63) is 26.9 Å². The number of anilines is 1. The maximum atomic E-state index is 12.2. The second kappa shape index (κ2) is 8.10. The first-order valence-corrected chi connectivity index (χ1v) is 9.24. The Morgan fingerprint density at radius 3 is 2.26 bits per heavy atom. The first kappa shape index (κ1) is 20.9. The number of carbonyl (C=O) groups excluding carboxylic acids is 2. The van der Waals surface area contributed by atoms with Crippen LogP contribution in [0.4, 0.5) is 5.82 Å². The molecule has 1 heterocycles. The Balaban J connectivity index is 1.87. The summed E-state index contributed by atoms with van der Waals surface area (Å²) in [5.41, 5.74) is -0.844. The van der Waals surface area contributed by atoms with E-state index in [1.807, 2.05) is 0 Å². The van der Waals surface area contributed by atoms with Gasteiger partial charge in [-0.2, -0.15) is 0 Å². The topological polar surface area (TPSA) is 99.4 Å². The maximum Gasteiger partial charge on any atom is 0.332 e. The van der Waals surface area contributed by atoms with E-state index in [1.54, 1.807) is 0 Å². The highest BCUT2D eigenvalue weighted by Gasteiger charge is 2.33. The first-order valence-electron chi connectivity index (χ1n) is 9.24. The summed E-state index contributed by atoms with van der Waals surface area (Å²) >= 11 is 0. The van der Waals surface area contributed by atoms with Crippen LogP contribution in [0, 0.1) is 17.3 Å². The van der Waals surface area contributed by atoms with Crippen LogP contribution in [-0.4, -0.2) is 27.6 Å². The summed E-state index contributed by atoms with van der Waals surface area (Å²) in [5.74, 6) is -0.475. The maximum absolute atomic E-state index is 12.2. The summed E-state index contributed by atoms with van der Waals surface area (Å²) in [4.78, 5) is 47.8. The zero-order chi connectivity index (χ0) is 20.4. The van der Waals surface area contributed by atoms with E-state index in [0.29, 0.717) is 5.92 Å². The molecular formula is C19H29N3O5. The minimum atomic E-state index is -0.588. The number of ether oxygens (including phenoxy) is 1. The van der Waals surface area contributed by atoms with E-state index >= 15 is 0 Å². The molecule has 1 fully saturated rings. The summed E-state index contributed by atoms with van der Waals surface area (Å²) in [6.07, 6.45) is 3.49. The molecule has 2 rings (SSSR count). The van der Waals surface area contributed by atoms with Gasteiger partial charge >= 0.3 is 11.7 Å². The molecule has 0 unspecified atom stereocenters. The van der Waals surface area contributed by atoms with Gasteiger partial charge in [0, 0.05) is 20.2 Å². The molecule has 0 saturated heterocycles. The molecule has 0 bridgehead atoms. The minimum Gasteiger partial charge on any atom is -0.455 e. The summed E-state index contributed by atoms with van der Waals surface area (Å²) in [5, 5.41) is 2.44. The van der Waals surface area contributed by atoms with Crippen LogP contribution in [0.15, 0.2) is 15.7 Å². The molecule has 0 aliphatic heterocycles. The zero-order valence-corrected chi connectivity index (χ0v) is 16.7. The van der Waals surface area contributed by atoms with Crippen molar-refractivity contribution >= 4 is 17.7 Å². The summed E-state index contributed by atoms with van der Waals surface area (Å²) < 4.78 is 7.22. The van der Waals surface area contributed by atoms with Crippen LogP contribution in [0.1, 0.15) is 46.5 Å². The minimum absolute atomic E-state index is 0.0647. The highest BCUT2D eigenvalue weighted by Crippen LogP contribution is 2.40. The molecule has 27 heavy (non-hydrogen) atoms. The third-order valence-corrected chi connectivity index (χ3v) is 5.42. The normalized spacial score (nSPS) is 20.2. The smallest absolute Gasteiger partial charge is 0.332 e. The van der Waals surface area contributed by atoms with Gasteiger partial charge in [0.25, 0.3) is 11.5 Å². The number of esters is 1. The number of hydrogen-bond acceptors (Lipinski definition) is 5. The average Bonchev–Trinajstić information content (AvgIpc) is 2.61. The molecule has 1 amide bonds. The molecule has 1 aromatic rings. The number of rotatable bonds is 4. The number of nitrogens with zero attached hydrogens (tertiary/aromatic N) is 2. The Morgan fingerprint density at radius 1 is 1.11 bits per heavy atom. The Bertz CT molecular complexity index is 823. The van der Waals surface area contributed by atoms with Gasteiger partial charge in [0.1, 0.15) is 5.82 Å². The van der Waals surface area contributed by atoms with Crippen LogP contribution in [0.3, 0.4) is 0 Å². The second-order valence-corrected chi connectivity index (χ2v) is 8.34. The van der Waals surface area contributed by atoms with Gasteiger partial charge < -0.3 is 10.1 Å². The Hall–Kier alpha value is -2.38. The molecule has 150 valence electrons. The largest absolute Gasteiger partial charge is 0.455 e. The van der Waals surface area contributed by atoms with Crippen molar-refractivity contribution in [2.24, 2.45) is 31.3 Å². The van der Waals surface area contributed by atoms with E-state index in [1.165, 1.54) is 14.1 Å². The lowest BCUT2D eigenvalue weighted by Gasteiger charge is -2.36. The fraction of sp³-hybridized carbons (Fsp3) is 0.684. The number of carbonyl (C=O) groups is 2. The van der Waals surface area contributed by atoms with Crippen molar-refractivity contribution in [2.45, 2.75) is 46.5 Å². The first-order chi connectivity index (χ1) is 12.5. The predicted octanol–water partition coefficient (Wildman–Crippen LogP) is 1.42. The van der Waals surface area contributed by atoms with Crippen molar-refractivity contribution in [3.63, 3.8) is 0 Å². The lowest BCUT2D eigenvalue weighted by atomic mass is 9.70. The molecule has 1 aliphatic carbocycles. The summed E-state index contributed by atoms with van der Waals surface area (Å²) in [6, 6.07) is 1.15. The van der Waals surface area contributed by atoms with Gasteiger partial charge in [-0.1, -0.05) is 20.8 Å². The lowest BCUT2D eigenvalue weighted by molar-refractivity contribution is -0.153. The monoisotopic (exact) mass is 379 g/mol. The molecule has 0 atom stereocenters. The molecule has 1 saturated carbocycles. The van der Waals surface area contributed by atoms with E-state index in [2.05, 4.69) is 26.1 Å². The fourth-order valence-corrected chi connectivity index (χ4v) is 3.48. The Labute approximate surface area is 158 Å². The quantitative estimate of drug-likeness (QED) is 0.798. The second-order valence-electron chi connectivity index (χ2n) is 8.34. The SMILES string of the molecule is Cn1c(NC(=O)COC(=O)C2CCC(C(C)(C)C)CC2)cc(=O)n(C)c1=O. The summed E-state index contributed by atoms with van der Waals surface area (Å²) in [7, 11) is 2.80. The van der Waals surface area contributed by atoms with E-state index in [0.717, 1.165) is 40.9 Å². The number of amides is 1. The lowest BCUT2D eigenvalue weighted by Crippen LogP contribution is -2.38. The van der Waals surface area contributed by atoms with Crippen LogP contribution in [-0.2, 0) is 28.4 Å². The Kier molecular flexibility index (Phi) is 6.28. The zero-order valence-electron chi connectivity index (χ0n) is 16.7. The van der Waals surface area contributed by atoms with Crippen molar-refractivity contribution in [3.8, 4) is 0 Å². The molecule has 8 nitrogen and oxygen atoms in total. The fourth-order valence-electron chi connectivity index (χ4n) is 3.48. The highest BCUT2D eigenvalue weighted by molar-refractivity contribution is 5.92. The van der Waals surface area contributed by atoms with Gasteiger partial charge in [0.15, 0.2) is 6.61 Å². The molecular weight excluding hydrogens is 350 g/mol. The average molecular weight is 379 g/mol. The van der Waals surface area contributed by atoms with E-state index in [9.17, 15) is 19.2 Å². The third kappa shape index (κ3) is 5.08. The van der Waals surface area contributed by atoms with Crippen molar-refractivity contribution in [1.29, 1.82) is 0 Å². The molecule has 8 heteroatoms.